The minimum atomic E-state index is -0.0625. The molecule has 0 aliphatic carbocycles. The van der Waals surface area contributed by atoms with E-state index in [0.29, 0.717) is 0 Å². The fraction of sp³-hybridized carbons (Fsp3) is 0.600. The van der Waals surface area contributed by atoms with Crippen molar-refractivity contribution in [3.63, 3.8) is 0 Å². The molecule has 2 heteroatoms. The van der Waals surface area contributed by atoms with Gasteiger partial charge in [-0.05, 0) is 13.8 Å². The van der Waals surface area contributed by atoms with Crippen molar-refractivity contribution in [2.75, 3.05) is 0 Å². The van der Waals surface area contributed by atoms with Crippen LogP contribution in [0.1, 0.15) is 21.7 Å². The van der Waals surface area contributed by atoms with E-state index < -0.39 is 0 Å². The SMILES string of the molecule is CC(=O)CC(C)=O.[HH]. The molecule has 0 N–H and O–H groups in total. The second kappa shape index (κ2) is 2.50. The maximum Gasteiger partial charge on any atom is 0.137 e. The fourth-order valence-electron chi connectivity index (χ4n) is 0.351. The van der Waals surface area contributed by atoms with Gasteiger partial charge in [0.05, 0.1) is 6.42 Å². The Morgan fingerprint density at radius 2 is 1.57 bits per heavy atom. The molecule has 0 atom stereocenters. The van der Waals surface area contributed by atoms with Crippen molar-refractivity contribution in [3.05, 3.63) is 0 Å². The summed E-state index contributed by atoms with van der Waals surface area (Å²) in [5.41, 5.74) is 0. The van der Waals surface area contributed by atoms with Gasteiger partial charge in [0.2, 0.25) is 0 Å². The van der Waals surface area contributed by atoms with Crippen LogP contribution in [0.4, 0.5) is 0 Å². The Balaban J connectivity index is 0. The van der Waals surface area contributed by atoms with Crippen LogP contribution in [-0.2, 0) is 9.59 Å². The summed E-state index contributed by atoms with van der Waals surface area (Å²) in [6.45, 7) is 2.81. The van der Waals surface area contributed by atoms with Crippen LogP contribution in [0.25, 0.3) is 0 Å². The summed E-state index contributed by atoms with van der Waals surface area (Å²) in [4.78, 5) is 20.1. The predicted molar refractivity (Wildman–Crippen MR) is 28.1 cm³/mol. The van der Waals surface area contributed by atoms with Crippen LogP contribution in [-0.4, -0.2) is 11.6 Å². The highest BCUT2D eigenvalue weighted by molar-refractivity contribution is 5.96. The first-order valence-electron chi connectivity index (χ1n) is 2.12. The Bertz CT molecular complexity index is 86.6. The van der Waals surface area contributed by atoms with Gasteiger partial charge in [0.15, 0.2) is 0 Å². The lowest BCUT2D eigenvalue weighted by molar-refractivity contribution is -0.124. The highest BCUT2D eigenvalue weighted by atomic mass is 16.1. The molecule has 0 heterocycles. The monoisotopic (exact) mass is 102 g/mol. The molecule has 0 saturated heterocycles. The number of carbonyl (C=O) groups excluding carboxylic acids is 2. The van der Waals surface area contributed by atoms with Gasteiger partial charge in [-0.3, -0.25) is 9.59 Å². The summed E-state index contributed by atoms with van der Waals surface area (Å²) in [5.74, 6) is -0.125. The first-order valence-corrected chi connectivity index (χ1v) is 2.12. The lowest BCUT2D eigenvalue weighted by atomic mass is 10.2. The Morgan fingerprint density at radius 3 is 1.57 bits per heavy atom. The molecule has 7 heavy (non-hydrogen) atoms. The molecule has 0 rings (SSSR count). The summed E-state index contributed by atoms with van der Waals surface area (Å²) in [6, 6.07) is 0. The third kappa shape index (κ3) is 5.34. The third-order valence-corrected chi connectivity index (χ3v) is 0.498. The molecule has 0 amide bonds. The molecule has 0 aliphatic heterocycles. The van der Waals surface area contributed by atoms with Crippen molar-refractivity contribution in [3.8, 4) is 0 Å². The number of Topliss-reactive ketones (excluding diaryl/α,β-unsaturated/α-hetero) is 2. The predicted octanol–water partition coefficient (Wildman–Crippen LogP) is 0.800. The number of rotatable bonds is 2. The van der Waals surface area contributed by atoms with Crippen molar-refractivity contribution < 1.29 is 11.0 Å². The van der Waals surface area contributed by atoms with Crippen LogP contribution >= 0.6 is 0 Å². The van der Waals surface area contributed by atoms with E-state index >= 15 is 0 Å². The molecule has 0 unspecified atom stereocenters. The van der Waals surface area contributed by atoms with Crippen molar-refractivity contribution in [2.45, 2.75) is 20.3 Å². The van der Waals surface area contributed by atoms with Crippen molar-refractivity contribution in [1.29, 1.82) is 0 Å². The molecule has 0 aromatic heterocycles. The number of hydrogen-bond donors (Lipinski definition) is 0. The maximum absolute atomic E-state index is 10.0. The van der Waals surface area contributed by atoms with Gasteiger partial charge in [-0.1, -0.05) is 0 Å². The van der Waals surface area contributed by atoms with E-state index in [4.69, 9.17) is 0 Å². The average Bonchev–Trinajstić information content (AvgIpc) is 1.27. The van der Waals surface area contributed by atoms with Crippen LogP contribution in [0.15, 0.2) is 0 Å². The van der Waals surface area contributed by atoms with E-state index in [-0.39, 0.29) is 19.4 Å². The first-order chi connectivity index (χ1) is 3.13. The zero-order valence-corrected chi connectivity index (χ0v) is 4.52. The first kappa shape index (κ1) is 6.34. The van der Waals surface area contributed by atoms with Gasteiger partial charge in [0.25, 0.3) is 0 Å². The standard InChI is InChI=1S/C5H8O2.H2/c1-4(6)3-5(2)7;/h3H2,1-2H3;1H. The minimum Gasteiger partial charge on any atom is -0.300 e. The Kier molecular flexibility index (Phi) is 2.27. The summed E-state index contributed by atoms with van der Waals surface area (Å²) in [7, 11) is 0. The molecular formula is C5H10O2. The molecule has 0 saturated carbocycles. The number of carbonyl (C=O) groups is 2. The van der Waals surface area contributed by atoms with Crippen LogP contribution in [0.5, 0.6) is 0 Å². The second-order valence-electron chi connectivity index (χ2n) is 1.58. The highest BCUT2D eigenvalue weighted by Crippen LogP contribution is 1.80. The smallest absolute Gasteiger partial charge is 0.137 e. The summed E-state index contributed by atoms with van der Waals surface area (Å²) >= 11 is 0. The zero-order chi connectivity index (χ0) is 5.86. The molecule has 0 bridgehead atoms. The van der Waals surface area contributed by atoms with Gasteiger partial charge in [-0.15, -0.1) is 0 Å². The molecule has 0 spiro atoms. The van der Waals surface area contributed by atoms with Crippen molar-refractivity contribution in [2.24, 2.45) is 0 Å². The molecular weight excluding hydrogens is 92.1 g/mol. The van der Waals surface area contributed by atoms with Crippen molar-refractivity contribution >= 4 is 11.6 Å². The van der Waals surface area contributed by atoms with Crippen molar-refractivity contribution in [1.82, 2.24) is 0 Å². The summed E-state index contributed by atoms with van der Waals surface area (Å²) in [6.07, 6.45) is 0.0833. The molecule has 0 radical (unpaired) electrons. The van der Waals surface area contributed by atoms with E-state index in [1.807, 2.05) is 0 Å². The Morgan fingerprint density at radius 1 is 1.29 bits per heavy atom. The number of hydrogen-bond acceptors (Lipinski definition) is 2. The molecule has 42 valence electrons. The lowest BCUT2D eigenvalue weighted by Crippen LogP contribution is -1.97. The minimum absolute atomic E-state index is 0. The summed E-state index contributed by atoms with van der Waals surface area (Å²) in [5, 5.41) is 0. The van der Waals surface area contributed by atoms with Gasteiger partial charge >= 0.3 is 0 Å². The summed E-state index contributed by atoms with van der Waals surface area (Å²) < 4.78 is 0. The van der Waals surface area contributed by atoms with Crippen LogP contribution in [0.3, 0.4) is 0 Å². The highest BCUT2D eigenvalue weighted by Gasteiger charge is 1.94. The number of ketones is 2. The molecule has 0 aromatic carbocycles. The molecule has 0 aliphatic rings. The molecule has 0 aromatic rings. The van der Waals surface area contributed by atoms with Gasteiger partial charge in [-0.25, -0.2) is 0 Å². The van der Waals surface area contributed by atoms with Gasteiger partial charge < -0.3 is 0 Å². The van der Waals surface area contributed by atoms with Crippen LogP contribution in [0.2, 0.25) is 0 Å². The van der Waals surface area contributed by atoms with E-state index in [9.17, 15) is 9.59 Å². The fourth-order valence-corrected chi connectivity index (χ4v) is 0.351. The van der Waals surface area contributed by atoms with E-state index in [1.165, 1.54) is 13.8 Å². The van der Waals surface area contributed by atoms with E-state index in [0.717, 1.165) is 0 Å². The quantitative estimate of drug-likeness (QED) is 0.483. The molecule has 2 nitrogen and oxygen atoms in total. The van der Waals surface area contributed by atoms with E-state index in [1.54, 1.807) is 0 Å². The van der Waals surface area contributed by atoms with Crippen LogP contribution in [0, 0.1) is 0 Å². The Hall–Kier alpha value is -0.660. The Labute approximate surface area is 44.0 Å². The molecule has 0 fully saturated rings. The average molecular weight is 102 g/mol. The second-order valence-corrected chi connectivity index (χ2v) is 1.58. The van der Waals surface area contributed by atoms with Gasteiger partial charge in [0, 0.05) is 1.43 Å². The van der Waals surface area contributed by atoms with Gasteiger partial charge in [-0.2, -0.15) is 0 Å². The third-order valence-electron chi connectivity index (χ3n) is 0.498. The lowest BCUT2D eigenvalue weighted by Gasteiger charge is -1.81. The largest absolute Gasteiger partial charge is 0.300 e. The zero-order valence-electron chi connectivity index (χ0n) is 4.52. The van der Waals surface area contributed by atoms with Crippen LogP contribution < -0.4 is 0 Å². The topological polar surface area (TPSA) is 34.1 Å². The van der Waals surface area contributed by atoms with Gasteiger partial charge in [0.1, 0.15) is 11.6 Å². The normalized spacial score (nSPS) is 8.29. The van der Waals surface area contributed by atoms with E-state index in [2.05, 4.69) is 0 Å². The maximum atomic E-state index is 10.0.